The molecule has 0 spiro atoms. The van der Waals surface area contributed by atoms with E-state index in [2.05, 4.69) is 54.9 Å². The molecular weight excluding hydrogens is 366 g/mol. The van der Waals surface area contributed by atoms with Gasteiger partial charge in [-0.1, -0.05) is 6.92 Å². The van der Waals surface area contributed by atoms with E-state index in [1.807, 2.05) is 6.07 Å². The molecule has 92 valence electrons. The van der Waals surface area contributed by atoms with Crippen molar-refractivity contribution in [3.63, 3.8) is 0 Å². The van der Waals surface area contributed by atoms with E-state index >= 15 is 0 Å². The van der Waals surface area contributed by atoms with Crippen LogP contribution < -0.4 is 5.32 Å². The number of halogens is 2. The summed E-state index contributed by atoms with van der Waals surface area (Å²) < 4.78 is 7.27. The second-order valence-corrected chi connectivity index (χ2v) is 6.03. The third kappa shape index (κ3) is 3.02. The van der Waals surface area contributed by atoms with Gasteiger partial charge >= 0.3 is 0 Å². The Kier molecular flexibility index (Phi) is 4.85. The molecule has 2 aromatic rings. The molecule has 0 aliphatic rings. The van der Waals surface area contributed by atoms with Crippen molar-refractivity contribution in [2.45, 2.75) is 19.4 Å². The maximum Gasteiger partial charge on any atom is 0.174 e. The molecule has 1 unspecified atom stereocenters. The first-order valence-corrected chi connectivity index (χ1v) is 7.94. The molecule has 0 saturated heterocycles. The Morgan fingerprint density at radius 3 is 2.71 bits per heavy atom. The summed E-state index contributed by atoms with van der Waals surface area (Å²) in [4.78, 5) is 0. The SMILES string of the molecule is CCCNC(c1cscc1Br)c1ccoc1Br. The number of rotatable bonds is 5. The van der Waals surface area contributed by atoms with E-state index in [0.717, 1.165) is 27.7 Å². The van der Waals surface area contributed by atoms with Crippen molar-refractivity contribution in [3.05, 3.63) is 43.4 Å². The van der Waals surface area contributed by atoms with Gasteiger partial charge in [-0.05, 0) is 61.8 Å². The predicted octanol–water partition coefficient (Wildman–Crippen LogP) is 4.96. The molecule has 0 aliphatic heterocycles. The minimum Gasteiger partial charge on any atom is -0.457 e. The topological polar surface area (TPSA) is 25.2 Å². The first-order chi connectivity index (χ1) is 8.24. The molecule has 0 aliphatic carbocycles. The van der Waals surface area contributed by atoms with Crippen LogP contribution in [0, 0.1) is 0 Å². The molecule has 0 fully saturated rings. The lowest BCUT2D eigenvalue weighted by atomic mass is 10.0. The average Bonchev–Trinajstić information content (AvgIpc) is 2.90. The fourth-order valence-electron chi connectivity index (χ4n) is 1.68. The third-order valence-electron chi connectivity index (χ3n) is 2.51. The lowest BCUT2D eigenvalue weighted by Crippen LogP contribution is -2.22. The van der Waals surface area contributed by atoms with E-state index in [9.17, 15) is 0 Å². The minimum atomic E-state index is 0.170. The van der Waals surface area contributed by atoms with Crippen LogP contribution in [0.2, 0.25) is 0 Å². The molecule has 2 rings (SSSR count). The molecule has 0 saturated carbocycles. The average molecular weight is 379 g/mol. The molecule has 1 atom stereocenters. The normalized spacial score (nSPS) is 12.9. The first-order valence-electron chi connectivity index (χ1n) is 5.42. The van der Waals surface area contributed by atoms with Crippen molar-refractivity contribution in [2.24, 2.45) is 0 Å². The van der Waals surface area contributed by atoms with Gasteiger partial charge in [0.05, 0.1) is 12.3 Å². The summed E-state index contributed by atoms with van der Waals surface area (Å²) in [5.74, 6) is 0. The number of hydrogen-bond donors (Lipinski definition) is 1. The van der Waals surface area contributed by atoms with Gasteiger partial charge in [0.1, 0.15) is 0 Å². The van der Waals surface area contributed by atoms with Crippen molar-refractivity contribution in [1.29, 1.82) is 0 Å². The van der Waals surface area contributed by atoms with Crippen LogP contribution in [0.5, 0.6) is 0 Å². The summed E-state index contributed by atoms with van der Waals surface area (Å²) in [5.41, 5.74) is 2.39. The largest absolute Gasteiger partial charge is 0.457 e. The Labute approximate surface area is 122 Å². The summed E-state index contributed by atoms with van der Waals surface area (Å²) >= 11 is 8.74. The van der Waals surface area contributed by atoms with Crippen LogP contribution in [0.1, 0.15) is 30.5 Å². The molecule has 2 aromatic heterocycles. The van der Waals surface area contributed by atoms with E-state index in [0.29, 0.717) is 0 Å². The highest BCUT2D eigenvalue weighted by Crippen LogP contribution is 2.35. The zero-order valence-corrected chi connectivity index (χ0v) is 13.4. The Hall–Kier alpha value is -0.100. The monoisotopic (exact) mass is 377 g/mol. The van der Waals surface area contributed by atoms with E-state index < -0.39 is 0 Å². The van der Waals surface area contributed by atoms with Crippen LogP contribution in [0.3, 0.4) is 0 Å². The first kappa shape index (κ1) is 13.3. The van der Waals surface area contributed by atoms with Crippen molar-refractivity contribution >= 4 is 43.2 Å². The third-order valence-corrected chi connectivity index (χ3v) is 4.91. The maximum absolute atomic E-state index is 5.33. The molecule has 2 nitrogen and oxygen atoms in total. The van der Waals surface area contributed by atoms with Crippen LogP contribution in [0.4, 0.5) is 0 Å². The molecule has 17 heavy (non-hydrogen) atoms. The van der Waals surface area contributed by atoms with Crippen molar-refractivity contribution in [3.8, 4) is 0 Å². The fraction of sp³-hybridized carbons (Fsp3) is 0.333. The van der Waals surface area contributed by atoms with E-state index in [-0.39, 0.29) is 6.04 Å². The molecule has 5 heteroatoms. The van der Waals surface area contributed by atoms with Gasteiger partial charge in [0, 0.05) is 15.4 Å². The molecule has 0 aromatic carbocycles. The number of furan rings is 1. The van der Waals surface area contributed by atoms with E-state index in [1.165, 1.54) is 5.56 Å². The van der Waals surface area contributed by atoms with Crippen molar-refractivity contribution < 1.29 is 4.42 Å². The van der Waals surface area contributed by atoms with Crippen LogP contribution >= 0.6 is 43.2 Å². The zero-order chi connectivity index (χ0) is 12.3. The smallest absolute Gasteiger partial charge is 0.174 e. The van der Waals surface area contributed by atoms with E-state index in [1.54, 1.807) is 17.6 Å². The van der Waals surface area contributed by atoms with Crippen LogP contribution in [0.15, 0.2) is 36.6 Å². The van der Waals surface area contributed by atoms with Crippen molar-refractivity contribution in [1.82, 2.24) is 5.32 Å². The quantitative estimate of drug-likeness (QED) is 0.795. The van der Waals surface area contributed by atoms with Gasteiger partial charge in [-0.15, -0.1) is 0 Å². The van der Waals surface area contributed by atoms with Crippen LogP contribution in [-0.2, 0) is 0 Å². The van der Waals surface area contributed by atoms with Crippen LogP contribution in [-0.4, -0.2) is 6.54 Å². The zero-order valence-electron chi connectivity index (χ0n) is 9.37. The van der Waals surface area contributed by atoms with Gasteiger partial charge in [-0.25, -0.2) is 0 Å². The summed E-state index contributed by atoms with van der Waals surface area (Å²) in [6.45, 7) is 3.14. The number of nitrogens with one attached hydrogen (secondary N) is 1. The Morgan fingerprint density at radius 2 is 2.18 bits per heavy atom. The molecule has 0 radical (unpaired) electrons. The second kappa shape index (κ2) is 6.18. The Morgan fingerprint density at radius 1 is 1.35 bits per heavy atom. The highest BCUT2D eigenvalue weighted by molar-refractivity contribution is 9.10. The van der Waals surface area contributed by atoms with Gasteiger partial charge in [0.15, 0.2) is 4.67 Å². The predicted molar refractivity (Wildman–Crippen MR) is 78.6 cm³/mol. The molecule has 0 bridgehead atoms. The molecule has 1 N–H and O–H groups in total. The molecule has 2 heterocycles. The Balaban J connectivity index is 2.32. The highest BCUT2D eigenvalue weighted by Gasteiger charge is 2.20. The summed E-state index contributed by atoms with van der Waals surface area (Å²) in [5, 5.41) is 7.81. The highest BCUT2D eigenvalue weighted by atomic mass is 79.9. The lowest BCUT2D eigenvalue weighted by molar-refractivity contribution is 0.523. The number of thiophene rings is 1. The second-order valence-electron chi connectivity index (χ2n) is 3.71. The fourth-order valence-corrected chi connectivity index (χ4v) is 3.70. The van der Waals surface area contributed by atoms with Crippen LogP contribution in [0.25, 0.3) is 0 Å². The van der Waals surface area contributed by atoms with Gasteiger partial charge < -0.3 is 9.73 Å². The maximum atomic E-state index is 5.33. The van der Waals surface area contributed by atoms with Gasteiger partial charge in [-0.2, -0.15) is 11.3 Å². The molecular formula is C12H13Br2NOS. The van der Waals surface area contributed by atoms with Gasteiger partial charge in [-0.3, -0.25) is 0 Å². The lowest BCUT2D eigenvalue weighted by Gasteiger charge is -2.17. The summed E-state index contributed by atoms with van der Waals surface area (Å²) in [6.07, 6.45) is 2.81. The standard InChI is InChI=1S/C12H13Br2NOS/c1-2-4-15-11(8-3-5-16-12(8)14)9-6-17-7-10(9)13/h3,5-7,11,15H,2,4H2,1H3. The Bertz CT molecular complexity index is 440. The van der Waals surface area contributed by atoms with E-state index in [4.69, 9.17) is 4.42 Å². The summed E-state index contributed by atoms with van der Waals surface area (Å²) in [6, 6.07) is 2.17. The minimum absolute atomic E-state index is 0.170. The number of hydrogen-bond acceptors (Lipinski definition) is 3. The summed E-state index contributed by atoms with van der Waals surface area (Å²) in [7, 11) is 0. The molecule has 0 amide bonds. The van der Waals surface area contributed by atoms with Gasteiger partial charge in [0.2, 0.25) is 0 Å². The van der Waals surface area contributed by atoms with Crippen molar-refractivity contribution in [2.75, 3.05) is 6.54 Å². The van der Waals surface area contributed by atoms with Gasteiger partial charge in [0.25, 0.3) is 0 Å².